The van der Waals surface area contributed by atoms with Crippen molar-refractivity contribution in [3.63, 3.8) is 0 Å². The predicted molar refractivity (Wildman–Crippen MR) is 146 cm³/mol. The Morgan fingerprint density at radius 2 is 1.95 bits per heavy atom. The van der Waals surface area contributed by atoms with Crippen molar-refractivity contribution in [2.45, 2.75) is 38.9 Å². The number of methoxy groups -OCH3 is 1. The van der Waals surface area contributed by atoms with E-state index in [1.165, 1.54) is 6.42 Å². The first kappa shape index (κ1) is 27.2. The third kappa shape index (κ3) is 6.35. The van der Waals surface area contributed by atoms with Crippen molar-refractivity contribution in [3.05, 3.63) is 65.6 Å². The molecule has 1 saturated heterocycles. The zero-order valence-corrected chi connectivity index (χ0v) is 22.1. The minimum atomic E-state index is -0.826. The van der Waals surface area contributed by atoms with Crippen molar-refractivity contribution >= 4 is 41.0 Å². The van der Waals surface area contributed by atoms with E-state index in [0.717, 1.165) is 16.9 Å². The molecule has 0 bridgehead atoms. The monoisotopic (exact) mass is 533 g/mol. The molecule has 4 amide bonds. The molecule has 12 nitrogen and oxygen atoms in total. The van der Waals surface area contributed by atoms with Crippen LogP contribution in [0.1, 0.15) is 48.0 Å². The van der Waals surface area contributed by atoms with Crippen LogP contribution in [0.15, 0.2) is 58.2 Å². The topological polar surface area (TPSA) is 150 Å². The highest BCUT2D eigenvalue weighted by Gasteiger charge is 2.33. The number of imide groups is 1. The number of nitrogens with zero attached hydrogens (tertiary/aromatic N) is 3. The molecule has 3 aliphatic heterocycles. The van der Waals surface area contributed by atoms with Crippen LogP contribution < -0.4 is 26.1 Å². The van der Waals surface area contributed by atoms with Gasteiger partial charge in [-0.25, -0.2) is 9.78 Å². The number of carbonyl (C=O) groups is 3. The summed E-state index contributed by atoms with van der Waals surface area (Å²) in [5.74, 6) is 1.36. The molecular formula is C27H31N7O5. The van der Waals surface area contributed by atoms with Crippen LogP contribution in [0.3, 0.4) is 0 Å². The molecule has 3 aromatic rings. The maximum Gasteiger partial charge on any atom is 0.322 e. The van der Waals surface area contributed by atoms with Gasteiger partial charge in [0.1, 0.15) is 22.8 Å². The summed E-state index contributed by atoms with van der Waals surface area (Å²) in [5, 5.41) is 11.8. The highest BCUT2D eigenvalue weighted by molar-refractivity contribution is 6.04. The summed E-state index contributed by atoms with van der Waals surface area (Å²) in [5.41, 5.74) is 5.68. The Hall–Kier alpha value is -4.87. The highest BCUT2D eigenvalue weighted by atomic mass is 16.5. The van der Waals surface area contributed by atoms with Gasteiger partial charge in [-0.3, -0.25) is 20.3 Å². The largest absolute Gasteiger partial charge is 0.497 e. The summed E-state index contributed by atoms with van der Waals surface area (Å²) in [6.45, 7) is 4.96. The molecule has 12 heteroatoms. The summed E-state index contributed by atoms with van der Waals surface area (Å²) in [4.78, 5) is 40.5. The van der Waals surface area contributed by atoms with Gasteiger partial charge < -0.3 is 24.7 Å². The number of carbonyl (C=O) groups excluding carboxylic acids is 3. The van der Waals surface area contributed by atoms with Crippen molar-refractivity contribution in [1.82, 2.24) is 25.9 Å². The number of aromatic nitrogens is 1. The Kier molecular flexibility index (Phi) is 8.44. The van der Waals surface area contributed by atoms with E-state index in [-0.39, 0.29) is 11.9 Å². The highest BCUT2D eigenvalue weighted by Crippen LogP contribution is 2.26. The van der Waals surface area contributed by atoms with Gasteiger partial charge in [0.05, 0.1) is 19.4 Å². The van der Waals surface area contributed by atoms with Crippen molar-refractivity contribution < 1.29 is 23.5 Å². The van der Waals surface area contributed by atoms with E-state index < -0.39 is 18.0 Å². The summed E-state index contributed by atoms with van der Waals surface area (Å²) in [6.07, 6.45) is 6.59. The van der Waals surface area contributed by atoms with Gasteiger partial charge in [-0.15, -0.1) is 0 Å². The lowest BCUT2D eigenvalue weighted by Crippen LogP contribution is -2.23. The molecule has 6 rings (SSSR count). The first-order valence-electron chi connectivity index (χ1n) is 12.5. The summed E-state index contributed by atoms with van der Waals surface area (Å²) in [7, 11) is 3.40. The first-order chi connectivity index (χ1) is 18.8. The maximum atomic E-state index is 11.7. The Labute approximate surface area is 225 Å². The Morgan fingerprint density at radius 3 is 2.62 bits per heavy atom. The van der Waals surface area contributed by atoms with Crippen molar-refractivity contribution in [2.24, 2.45) is 5.10 Å². The number of ether oxygens (including phenoxy) is 1. The number of benzene rings is 1. The van der Waals surface area contributed by atoms with E-state index in [0.29, 0.717) is 29.2 Å². The second-order valence-corrected chi connectivity index (χ2v) is 8.95. The molecule has 5 heterocycles. The predicted octanol–water partition coefficient (Wildman–Crippen LogP) is 3.29. The van der Waals surface area contributed by atoms with Crippen LogP contribution in [0.25, 0.3) is 11.1 Å². The van der Waals surface area contributed by atoms with Gasteiger partial charge in [0.25, 0.3) is 11.8 Å². The lowest BCUT2D eigenvalue weighted by atomic mass is 10.1. The number of hydrogen-bond donors (Lipinski definition) is 4. The Balaban J connectivity index is 0.000000186. The number of urea groups is 1. The van der Waals surface area contributed by atoms with E-state index >= 15 is 0 Å². The number of hydrazone groups is 1. The van der Waals surface area contributed by atoms with E-state index in [2.05, 4.69) is 45.3 Å². The molecule has 0 saturated carbocycles. The molecule has 2 unspecified atom stereocenters. The summed E-state index contributed by atoms with van der Waals surface area (Å²) >= 11 is 0. The molecule has 0 spiro atoms. The van der Waals surface area contributed by atoms with Gasteiger partial charge in [-0.05, 0) is 35.9 Å². The number of pyridine rings is 1. The molecule has 2 aromatic heterocycles. The van der Waals surface area contributed by atoms with E-state index in [4.69, 9.17) is 9.15 Å². The second-order valence-electron chi connectivity index (χ2n) is 8.95. The van der Waals surface area contributed by atoms with Crippen LogP contribution in [0.2, 0.25) is 0 Å². The molecule has 2 atom stereocenters. The second kappa shape index (κ2) is 12.1. The number of fused-ring (bicyclic) bond motifs is 2. The fourth-order valence-electron chi connectivity index (χ4n) is 3.95. The van der Waals surface area contributed by atoms with Crippen molar-refractivity contribution in [1.29, 1.82) is 0 Å². The van der Waals surface area contributed by atoms with Crippen LogP contribution in [0, 0.1) is 0 Å². The fraction of sp³-hybridized carbons (Fsp3) is 0.296. The number of furan rings is 1. The van der Waals surface area contributed by atoms with Gasteiger partial charge in [0.2, 0.25) is 0 Å². The molecule has 1 fully saturated rings. The molecular weight excluding hydrogens is 502 g/mol. The SMILES string of the molecule is CCC.COc1ccc2c(c1)C(=O)N(C)C2.O=C1NC(=O)C(c2cc3nc(NC4C=CNN=C4)ccc3o2)N1. The van der Waals surface area contributed by atoms with E-state index in [1.54, 1.807) is 55.7 Å². The van der Waals surface area contributed by atoms with Gasteiger partial charge in [-0.1, -0.05) is 26.3 Å². The molecule has 3 aliphatic rings. The molecule has 39 heavy (non-hydrogen) atoms. The van der Waals surface area contributed by atoms with E-state index in [9.17, 15) is 14.4 Å². The lowest BCUT2D eigenvalue weighted by molar-refractivity contribution is -0.120. The molecule has 0 aliphatic carbocycles. The summed E-state index contributed by atoms with van der Waals surface area (Å²) in [6, 6.07) is 9.36. The lowest BCUT2D eigenvalue weighted by Gasteiger charge is -2.13. The van der Waals surface area contributed by atoms with Crippen LogP contribution in [0.5, 0.6) is 5.75 Å². The third-order valence-electron chi connectivity index (χ3n) is 5.76. The average molecular weight is 534 g/mol. The molecule has 0 radical (unpaired) electrons. The minimum absolute atomic E-state index is 0.0625. The maximum absolute atomic E-state index is 11.7. The number of hydrogen-bond acceptors (Lipinski definition) is 9. The van der Waals surface area contributed by atoms with Gasteiger partial charge in [0, 0.05) is 31.4 Å². The fourth-order valence-corrected chi connectivity index (χ4v) is 3.95. The third-order valence-corrected chi connectivity index (χ3v) is 5.76. The zero-order chi connectivity index (χ0) is 27.9. The normalized spacial score (nSPS) is 18.8. The van der Waals surface area contributed by atoms with Crippen LogP contribution in [-0.4, -0.2) is 54.1 Å². The molecule has 204 valence electrons. The van der Waals surface area contributed by atoms with Crippen LogP contribution >= 0.6 is 0 Å². The van der Waals surface area contributed by atoms with Crippen LogP contribution in [0.4, 0.5) is 10.6 Å². The molecule has 4 N–H and O–H groups in total. The van der Waals surface area contributed by atoms with Crippen molar-refractivity contribution in [2.75, 3.05) is 19.5 Å². The van der Waals surface area contributed by atoms with Crippen molar-refractivity contribution in [3.8, 4) is 5.75 Å². The quantitative estimate of drug-likeness (QED) is 0.373. The zero-order valence-electron chi connectivity index (χ0n) is 22.1. The van der Waals surface area contributed by atoms with Crippen LogP contribution in [-0.2, 0) is 11.3 Å². The van der Waals surface area contributed by atoms with Gasteiger partial charge >= 0.3 is 6.03 Å². The Bertz CT molecular complexity index is 1420. The summed E-state index contributed by atoms with van der Waals surface area (Å²) < 4.78 is 10.7. The standard InChI is InChI=1S/C14H12N6O3.C10H11NO2.C3H8/c21-13-12(19-14(22)20-13)10-5-8-9(23-10)1-2-11(18-8)17-7-3-4-15-16-6-7;1-11-6-7-3-4-8(13-2)5-9(7)10(11)12;1-3-2/h1-7,12,15H,(H,17,18)(H2,19,20,21,22);3-5H,6H2,1-2H3;3H2,1-2H3. The van der Waals surface area contributed by atoms with Gasteiger partial charge in [-0.2, -0.15) is 5.10 Å². The number of anilines is 1. The number of amides is 4. The number of nitrogens with one attached hydrogen (secondary N) is 4. The number of rotatable bonds is 4. The van der Waals surface area contributed by atoms with Gasteiger partial charge in [0.15, 0.2) is 11.6 Å². The Morgan fingerprint density at radius 1 is 1.15 bits per heavy atom. The average Bonchev–Trinajstić information content (AvgIpc) is 3.59. The first-order valence-corrected chi connectivity index (χ1v) is 12.5. The molecule has 1 aromatic carbocycles. The minimum Gasteiger partial charge on any atom is -0.497 e. The van der Waals surface area contributed by atoms with E-state index in [1.807, 2.05) is 18.2 Å². The smallest absolute Gasteiger partial charge is 0.322 e.